The highest BCUT2D eigenvalue weighted by atomic mass is 32.2. The number of ether oxygens (including phenoxy) is 2. The van der Waals surface area contributed by atoms with Crippen molar-refractivity contribution in [3.8, 4) is 0 Å². The molecule has 1 saturated heterocycles. The molecule has 0 bridgehead atoms. The fourth-order valence-electron chi connectivity index (χ4n) is 2.41. The second-order valence-corrected chi connectivity index (χ2v) is 8.52. The Morgan fingerprint density at radius 1 is 1.38 bits per heavy atom. The van der Waals surface area contributed by atoms with Gasteiger partial charge in [-0.2, -0.15) is 0 Å². The first kappa shape index (κ1) is 21.1. The molecule has 0 spiro atoms. The molecule has 9 heteroatoms. The third-order valence-electron chi connectivity index (χ3n) is 3.52. The van der Waals surface area contributed by atoms with E-state index in [0.717, 1.165) is 45.5 Å². The second-order valence-electron chi connectivity index (χ2n) is 6.77. The van der Waals surface area contributed by atoms with E-state index < -0.39 is 15.6 Å². The van der Waals surface area contributed by atoms with Gasteiger partial charge in [-0.1, -0.05) is 0 Å². The molecule has 1 rings (SSSR count). The largest absolute Gasteiger partial charge is 0.381 e. The Morgan fingerprint density at radius 2 is 2.12 bits per heavy atom. The van der Waals surface area contributed by atoms with Crippen molar-refractivity contribution in [2.75, 3.05) is 52.8 Å². The highest BCUT2D eigenvalue weighted by Gasteiger charge is 2.22. The molecule has 1 unspecified atom stereocenters. The summed E-state index contributed by atoms with van der Waals surface area (Å²) in [4.78, 5) is 4.13. The van der Waals surface area contributed by atoms with E-state index in [2.05, 4.69) is 20.3 Å². The Labute approximate surface area is 145 Å². The van der Waals surface area contributed by atoms with Gasteiger partial charge < -0.3 is 20.1 Å². The Balaban J connectivity index is 2.13. The molecular weight excluding hydrogens is 332 g/mol. The first-order chi connectivity index (χ1) is 11.2. The zero-order chi connectivity index (χ0) is 18.1. The van der Waals surface area contributed by atoms with Crippen LogP contribution >= 0.6 is 0 Å². The molecule has 1 fully saturated rings. The monoisotopic (exact) mass is 364 g/mol. The van der Waals surface area contributed by atoms with Crippen molar-refractivity contribution in [3.63, 3.8) is 0 Å². The molecule has 142 valence electrons. The number of guanidine groups is 1. The number of nitrogens with zero attached hydrogens (tertiary/aromatic N) is 1. The molecule has 1 atom stereocenters. The van der Waals surface area contributed by atoms with Crippen molar-refractivity contribution in [3.05, 3.63) is 0 Å². The lowest BCUT2D eigenvalue weighted by Gasteiger charge is -2.26. The van der Waals surface area contributed by atoms with Crippen LogP contribution in [-0.4, -0.2) is 72.7 Å². The maximum atomic E-state index is 11.3. The van der Waals surface area contributed by atoms with Gasteiger partial charge in [-0.15, -0.1) is 0 Å². The highest BCUT2D eigenvalue weighted by molar-refractivity contribution is 7.88. The smallest absolute Gasteiger partial charge is 0.209 e. The molecule has 0 aromatic heterocycles. The zero-order valence-corrected chi connectivity index (χ0v) is 16.0. The number of hydrogen-bond donors (Lipinski definition) is 3. The van der Waals surface area contributed by atoms with E-state index in [9.17, 15) is 8.42 Å². The predicted molar refractivity (Wildman–Crippen MR) is 95.8 cm³/mol. The summed E-state index contributed by atoms with van der Waals surface area (Å²) >= 11 is 0. The second kappa shape index (κ2) is 10.2. The molecule has 1 aliphatic rings. The highest BCUT2D eigenvalue weighted by Crippen LogP contribution is 2.12. The molecule has 0 saturated carbocycles. The normalized spacial score (nSPS) is 19.5. The average molecular weight is 365 g/mol. The van der Waals surface area contributed by atoms with Crippen LogP contribution in [0.15, 0.2) is 4.99 Å². The fraction of sp³-hybridized carbons (Fsp3) is 0.933. The number of sulfonamides is 1. The summed E-state index contributed by atoms with van der Waals surface area (Å²) in [6.07, 6.45) is 3.12. The minimum atomic E-state index is -3.25. The maximum Gasteiger partial charge on any atom is 0.209 e. The third-order valence-corrected chi connectivity index (χ3v) is 4.44. The van der Waals surface area contributed by atoms with Crippen LogP contribution in [0.5, 0.6) is 0 Å². The zero-order valence-electron chi connectivity index (χ0n) is 15.2. The summed E-state index contributed by atoms with van der Waals surface area (Å²) in [6.45, 7) is 7.91. The van der Waals surface area contributed by atoms with E-state index in [-0.39, 0.29) is 0 Å². The van der Waals surface area contributed by atoms with Crippen LogP contribution in [0, 0.1) is 5.92 Å². The van der Waals surface area contributed by atoms with Crippen molar-refractivity contribution in [2.24, 2.45) is 10.9 Å². The third kappa shape index (κ3) is 10.1. The van der Waals surface area contributed by atoms with Gasteiger partial charge in [0.05, 0.1) is 19.5 Å². The van der Waals surface area contributed by atoms with E-state index in [1.54, 1.807) is 7.05 Å². The van der Waals surface area contributed by atoms with E-state index in [1.807, 2.05) is 13.8 Å². The molecule has 3 N–H and O–H groups in total. The Bertz CT molecular complexity index is 488. The lowest BCUT2D eigenvalue weighted by Crippen LogP contribution is -2.53. The van der Waals surface area contributed by atoms with Gasteiger partial charge in [0, 0.05) is 44.8 Å². The molecule has 0 radical (unpaired) electrons. The van der Waals surface area contributed by atoms with Crippen LogP contribution in [0.25, 0.3) is 0 Å². The van der Waals surface area contributed by atoms with Crippen LogP contribution in [0.2, 0.25) is 0 Å². The molecule has 1 aliphatic heterocycles. The Hall–Kier alpha value is -0.900. The topological polar surface area (TPSA) is 101 Å². The van der Waals surface area contributed by atoms with Crippen LogP contribution in [0.4, 0.5) is 0 Å². The number of aliphatic imine (C=N–C) groups is 1. The summed E-state index contributed by atoms with van der Waals surface area (Å²) in [7, 11) is -1.56. The van der Waals surface area contributed by atoms with Crippen molar-refractivity contribution in [1.82, 2.24) is 15.4 Å². The van der Waals surface area contributed by atoms with E-state index >= 15 is 0 Å². The summed E-state index contributed by atoms with van der Waals surface area (Å²) < 4.78 is 36.2. The summed E-state index contributed by atoms with van der Waals surface area (Å²) in [5.41, 5.74) is -0.600. The van der Waals surface area contributed by atoms with E-state index in [4.69, 9.17) is 9.47 Å². The first-order valence-electron chi connectivity index (χ1n) is 8.31. The molecule has 8 nitrogen and oxygen atoms in total. The molecule has 0 amide bonds. The van der Waals surface area contributed by atoms with Crippen LogP contribution in [-0.2, 0) is 19.5 Å². The van der Waals surface area contributed by atoms with E-state index in [1.165, 1.54) is 0 Å². The van der Waals surface area contributed by atoms with Gasteiger partial charge in [0.1, 0.15) is 0 Å². The van der Waals surface area contributed by atoms with Crippen molar-refractivity contribution >= 4 is 16.0 Å². The lowest BCUT2D eigenvalue weighted by atomic mass is 10.1. The van der Waals surface area contributed by atoms with Crippen molar-refractivity contribution < 1.29 is 17.9 Å². The molecule has 0 aromatic rings. The maximum absolute atomic E-state index is 11.3. The molecule has 1 heterocycles. The van der Waals surface area contributed by atoms with Gasteiger partial charge in [0.25, 0.3) is 0 Å². The molecule has 0 aliphatic carbocycles. The molecule has 24 heavy (non-hydrogen) atoms. The minimum absolute atomic E-state index is 0.428. The summed E-state index contributed by atoms with van der Waals surface area (Å²) in [6, 6.07) is 0. The van der Waals surface area contributed by atoms with Gasteiger partial charge in [0.2, 0.25) is 10.0 Å². The fourth-order valence-corrected chi connectivity index (χ4v) is 3.49. The standard InChI is InChI=1S/C15H32N4O4S/c1-15(2,19-24(4,20)21)12-18-14(16-3)17-7-5-8-22-10-13-6-9-23-11-13/h13,19H,5-12H2,1-4H3,(H2,16,17,18). The van der Waals surface area contributed by atoms with Gasteiger partial charge in [-0.25, -0.2) is 13.1 Å². The van der Waals surface area contributed by atoms with E-state index in [0.29, 0.717) is 25.0 Å². The Morgan fingerprint density at radius 3 is 2.71 bits per heavy atom. The van der Waals surface area contributed by atoms with Crippen LogP contribution < -0.4 is 15.4 Å². The summed E-state index contributed by atoms with van der Waals surface area (Å²) in [5, 5.41) is 6.31. The average Bonchev–Trinajstić information content (AvgIpc) is 2.96. The number of rotatable bonds is 10. The summed E-state index contributed by atoms with van der Waals surface area (Å²) in [5.74, 6) is 1.18. The molecular formula is C15H32N4O4S. The SMILES string of the molecule is CN=C(NCCCOCC1CCOC1)NCC(C)(C)NS(C)(=O)=O. The lowest BCUT2D eigenvalue weighted by molar-refractivity contribution is 0.0888. The number of hydrogen-bond acceptors (Lipinski definition) is 5. The van der Waals surface area contributed by atoms with Crippen molar-refractivity contribution in [2.45, 2.75) is 32.2 Å². The first-order valence-corrected chi connectivity index (χ1v) is 10.2. The van der Waals surface area contributed by atoms with Crippen LogP contribution in [0.3, 0.4) is 0 Å². The van der Waals surface area contributed by atoms with Crippen molar-refractivity contribution in [1.29, 1.82) is 0 Å². The number of nitrogens with one attached hydrogen (secondary N) is 3. The van der Waals surface area contributed by atoms with Gasteiger partial charge in [-0.3, -0.25) is 4.99 Å². The van der Waals surface area contributed by atoms with Gasteiger partial charge >= 0.3 is 0 Å². The van der Waals surface area contributed by atoms with Gasteiger partial charge in [0.15, 0.2) is 5.96 Å². The Kier molecular flexibility index (Phi) is 8.96. The predicted octanol–water partition coefficient (Wildman–Crippen LogP) is -0.0776. The quantitative estimate of drug-likeness (QED) is 0.285. The van der Waals surface area contributed by atoms with Gasteiger partial charge in [-0.05, 0) is 26.7 Å². The van der Waals surface area contributed by atoms with Crippen LogP contribution in [0.1, 0.15) is 26.7 Å². The molecule has 0 aromatic carbocycles. The minimum Gasteiger partial charge on any atom is -0.381 e.